The number of fused-ring (bicyclic) bond motifs is 2. The van der Waals surface area contributed by atoms with E-state index in [1.807, 2.05) is 61.5 Å². The van der Waals surface area contributed by atoms with Gasteiger partial charge in [-0.2, -0.15) is 0 Å². The average molecular weight is 459 g/mol. The van der Waals surface area contributed by atoms with Crippen molar-refractivity contribution in [3.05, 3.63) is 88.8 Å². The molecule has 33 heavy (non-hydrogen) atoms. The third-order valence-corrected chi connectivity index (χ3v) is 6.32. The number of ether oxygens (including phenoxy) is 2. The molecule has 0 spiro atoms. The Hall–Kier alpha value is -3.71. The van der Waals surface area contributed by atoms with Gasteiger partial charge in [-0.05, 0) is 61.0 Å². The van der Waals surface area contributed by atoms with Crippen LogP contribution in [0.1, 0.15) is 12.5 Å². The lowest BCUT2D eigenvalue weighted by Gasteiger charge is -2.11. The van der Waals surface area contributed by atoms with Crippen LogP contribution >= 0.6 is 11.8 Å². The molecule has 0 unspecified atom stereocenters. The average Bonchev–Trinajstić information content (AvgIpc) is 3.21. The van der Waals surface area contributed by atoms with Gasteiger partial charge < -0.3 is 13.9 Å². The number of thioether (sulfide) groups is 1. The molecule has 7 heteroatoms. The van der Waals surface area contributed by atoms with Crippen molar-refractivity contribution >= 4 is 33.8 Å². The first kappa shape index (κ1) is 21.2. The maximum Gasteiger partial charge on any atom is 0.336 e. The van der Waals surface area contributed by atoms with Crippen LogP contribution in [0, 0.1) is 0 Å². The number of para-hydroxylation sites is 2. The summed E-state index contributed by atoms with van der Waals surface area (Å²) in [6.45, 7) is 2.59. The number of aromatic nitrogens is 2. The van der Waals surface area contributed by atoms with Crippen molar-refractivity contribution in [2.45, 2.75) is 17.8 Å². The molecular formula is C26H22N2O4S. The topological polar surface area (TPSA) is 66.5 Å². The Morgan fingerprint density at radius 3 is 2.58 bits per heavy atom. The van der Waals surface area contributed by atoms with E-state index >= 15 is 0 Å². The molecule has 0 atom stereocenters. The summed E-state index contributed by atoms with van der Waals surface area (Å²) in [7, 11) is 1.59. The van der Waals surface area contributed by atoms with E-state index in [1.165, 1.54) is 0 Å². The first-order valence-electron chi connectivity index (χ1n) is 10.6. The van der Waals surface area contributed by atoms with E-state index in [0.29, 0.717) is 23.7 Å². The Morgan fingerprint density at radius 2 is 1.79 bits per heavy atom. The predicted octanol–water partition coefficient (Wildman–Crippen LogP) is 5.83. The van der Waals surface area contributed by atoms with E-state index in [0.717, 1.165) is 38.6 Å². The number of imidazole rings is 1. The minimum Gasteiger partial charge on any atom is -0.497 e. The van der Waals surface area contributed by atoms with Crippen LogP contribution in [0.2, 0.25) is 0 Å². The monoisotopic (exact) mass is 458 g/mol. The lowest BCUT2D eigenvalue weighted by atomic mass is 10.1. The minimum atomic E-state index is -0.383. The van der Waals surface area contributed by atoms with Gasteiger partial charge in [-0.15, -0.1) is 0 Å². The highest BCUT2D eigenvalue weighted by atomic mass is 32.2. The Balaban J connectivity index is 1.54. The Morgan fingerprint density at radius 1 is 1.00 bits per heavy atom. The summed E-state index contributed by atoms with van der Waals surface area (Å²) in [4.78, 5) is 17.0. The van der Waals surface area contributed by atoms with E-state index in [1.54, 1.807) is 31.0 Å². The fraction of sp³-hybridized carbons (Fsp3) is 0.154. The third-order valence-electron chi connectivity index (χ3n) is 5.33. The van der Waals surface area contributed by atoms with Gasteiger partial charge in [0.2, 0.25) is 0 Å². The summed E-state index contributed by atoms with van der Waals surface area (Å²) in [6.07, 6.45) is 0. The summed E-state index contributed by atoms with van der Waals surface area (Å²) in [5, 5.41) is 1.72. The zero-order chi connectivity index (χ0) is 22.8. The lowest BCUT2D eigenvalue weighted by molar-refractivity contribution is 0.340. The molecule has 5 rings (SSSR count). The second-order valence-electron chi connectivity index (χ2n) is 7.39. The first-order valence-corrected chi connectivity index (χ1v) is 11.6. The summed E-state index contributed by atoms with van der Waals surface area (Å²) in [5.74, 6) is 2.04. The van der Waals surface area contributed by atoms with Gasteiger partial charge in [0.15, 0.2) is 5.16 Å². The van der Waals surface area contributed by atoms with E-state index in [2.05, 4.69) is 10.6 Å². The second-order valence-corrected chi connectivity index (χ2v) is 8.33. The number of hydrogen-bond acceptors (Lipinski definition) is 6. The zero-order valence-corrected chi connectivity index (χ0v) is 19.1. The molecule has 0 aliphatic heterocycles. The van der Waals surface area contributed by atoms with E-state index in [-0.39, 0.29) is 5.63 Å². The molecule has 166 valence electrons. The van der Waals surface area contributed by atoms with Crippen LogP contribution in [-0.2, 0) is 5.75 Å². The summed E-state index contributed by atoms with van der Waals surface area (Å²) >= 11 is 1.58. The zero-order valence-electron chi connectivity index (χ0n) is 18.3. The van der Waals surface area contributed by atoms with Crippen molar-refractivity contribution in [1.82, 2.24) is 9.55 Å². The van der Waals surface area contributed by atoms with E-state index in [4.69, 9.17) is 18.9 Å². The maximum atomic E-state index is 12.2. The van der Waals surface area contributed by atoms with Crippen LogP contribution in [0.5, 0.6) is 11.5 Å². The van der Waals surface area contributed by atoms with Crippen LogP contribution < -0.4 is 15.1 Å². The first-order chi connectivity index (χ1) is 16.2. The highest BCUT2D eigenvalue weighted by Gasteiger charge is 2.15. The number of benzene rings is 3. The molecule has 0 saturated heterocycles. The molecule has 0 radical (unpaired) electrons. The molecule has 2 heterocycles. The standard InChI is InChI=1S/C26H22N2O4S/c1-3-31-19-10-8-18(9-11-19)28-23-7-5-4-6-22(23)27-26(28)33-16-17-14-25(29)32-24-15-20(30-2)12-13-21(17)24/h4-15H,3,16H2,1-2H3. The summed E-state index contributed by atoms with van der Waals surface area (Å²) in [6, 6.07) is 23.1. The Labute approximate surface area is 194 Å². The molecule has 0 saturated carbocycles. The molecule has 0 aliphatic rings. The fourth-order valence-corrected chi connectivity index (χ4v) is 4.83. The molecule has 0 aliphatic carbocycles. The van der Waals surface area contributed by atoms with E-state index < -0.39 is 0 Å². The van der Waals surface area contributed by atoms with Gasteiger partial charge in [-0.1, -0.05) is 23.9 Å². The maximum absolute atomic E-state index is 12.2. The SMILES string of the molecule is CCOc1ccc(-n2c(SCc3cc(=O)oc4cc(OC)ccc34)nc3ccccc32)cc1. The number of hydrogen-bond donors (Lipinski definition) is 0. The van der Waals surface area contributed by atoms with Gasteiger partial charge in [-0.3, -0.25) is 4.57 Å². The lowest BCUT2D eigenvalue weighted by Crippen LogP contribution is -2.01. The van der Waals surface area contributed by atoms with Crippen molar-refractivity contribution < 1.29 is 13.9 Å². The fourth-order valence-electron chi connectivity index (χ4n) is 3.81. The molecule has 6 nitrogen and oxygen atoms in total. The van der Waals surface area contributed by atoms with E-state index in [9.17, 15) is 4.79 Å². The van der Waals surface area contributed by atoms with Gasteiger partial charge >= 0.3 is 5.63 Å². The Kier molecular flexibility index (Phi) is 5.79. The molecule has 3 aromatic carbocycles. The van der Waals surface area contributed by atoms with Crippen LogP contribution in [0.25, 0.3) is 27.7 Å². The molecule has 2 aromatic heterocycles. The smallest absolute Gasteiger partial charge is 0.336 e. The predicted molar refractivity (Wildman–Crippen MR) is 131 cm³/mol. The minimum absolute atomic E-state index is 0.383. The molecule has 0 N–H and O–H groups in total. The third kappa shape index (κ3) is 4.19. The number of methoxy groups -OCH3 is 1. The van der Waals surface area contributed by atoms with Gasteiger partial charge in [0.05, 0.1) is 24.8 Å². The van der Waals surface area contributed by atoms with Crippen LogP contribution in [0.3, 0.4) is 0 Å². The van der Waals surface area contributed by atoms with Crippen LogP contribution in [0.4, 0.5) is 0 Å². The number of rotatable bonds is 7. The highest BCUT2D eigenvalue weighted by molar-refractivity contribution is 7.98. The van der Waals surface area contributed by atoms with Gasteiger partial charge in [-0.25, -0.2) is 9.78 Å². The number of nitrogens with zero attached hydrogens (tertiary/aromatic N) is 2. The highest BCUT2D eigenvalue weighted by Crippen LogP contribution is 2.32. The quantitative estimate of drug-likeness (QED) is 0.226. The molecule has 0 bridgehead atoms. The summed E-state index contributed by atoms with van der Waals surface area (Å²) in [5.41, 5.74) is 3.95. The van der Waals surface area contributed by atoms with Crippen molar-refractivity contribution in [2.24, 2.45) is 0 Å². The van der Waals surface area contributed by atoms with Crippen molar-refractivity contribution in [3.63, 3.8) is 0 Å². The van der Waals surface area contributed by atoms with Crippen molar-refractivity contribution in [1.29, 1.82) is 0 Å². The molecule has 5 aromatic rings. The molecule has 0 fully saturated rings. The summed E-state index contributed by atoms with van der Waals surface area (Å²) < 4.78 is 18.4. The van der Waals surface area contributed by atoms with Crippen LogP contribution in [0.15, 0.2) is 87.2 Å². The second kappa shape index (κ2) is 9.03. The normalized spacial score (nSPS) is 11.2. The van der Waals surface area contributed by atoms with Gasteiger partial charge in [0.25, 0.3) is 0 Å². The largest absolute Gasteiger partial charge is 0.497 e. The van der Waals surface area contributed by atoms with Crippen molar-refractivity contribution in [3.8, 4) is 17.2 Å². The van der Waals surface area contributed by atoms with Gasteiger partial charge in [0, 0.05) is 29.0 Å². The molecule has 0 amide bonds. The van der Waals surface area contributed by atoms with Crippen LogP contribution in [-0.4, -0.2) is 23.3 Å². The molecular weight excluding hydrogens is 436 g/mol. The van der Waals surface area contributed by atoms with Gasteiger partial charge in [0.1, 0.15) is 17.1 Å². The Bertz CT molecular complexity index is 1490. The van der Waals surface area contributed by atoms with Crippen molar-refractivity contribution in [2.75, 3.05) is 13.7 Å².